The first-order valence-corrected chi connectivity index (χ1v) is 7.35. The maximum absolute atomic E-state index is 5.94. The first-order chi connectivity index (χ1) is 9.33. The third-order valence-electron chi connectivity index (χ3n) is 3.63. The minimum absolute atomic E-state index is 0.274. The van der Waals surface area contributed by atoms with Gasteiger partial charge in [0.05, 0.1) is 25.4 Å². The van der Waals surface area contributed by atoms with Crippen molar-refractivity contribution in [3.05, 3.63) is 35.4 Å². The lowest BCUT2D eigenvalue weighted by molar-refractivity contribution is 0.0300. The van der Waals surface area contributed by atoms with Crippen molar-refractivity contribution >= 4 is 0 Å². The summed E-state index contributed by atoms with van der Waals surface area (Å²) < 4.78 is 11.3. The molecule has 0 spiro atoms. The van der Waals surface area contributed by atoms with Gasteiger partial charge in [-0.25, -0.2) is 0 Å². The van der Waals surface area contributed by atoms with E-state index < -0.39 is 0 Å². The van der Waals surface area contributed by atoms with Crippen LogP contribution in [0.4, 0.5) is 0 Å². The van der Waals surface area contributed by atoms with Gasteiger partial charge in [0.15, 0.2) is 0 Å². The van der Waals surface area contributed by atoms with E-state index in [0.717, 1.165) is 32.6 Å². The van der Waals surface area contributed by atoms with Crippen LogP contribution >= 0.6 is 0 Å². The minimum atomic E-state index is 0.274. The van der Waals surface area contributed by atoms with E-state index in [0.29, 0.717) is 6.61 Å². The van der Waals surface area contributed by atoms with Crippen molar-refractivity contribution in [1.82, 2.24) is 5.32 Å². The number of benzene rings is 1. The second kappa shape index (κ2) is 7.63. The van der Waals surface area contributed by atoms with Crippen molar-refractivity contribution in [2.75, 3.05) is 26.4 Å². The van der Waals surface area contributed by atoms with Crippen molar-refractivity contribution in [2.24, 2.45) is 0 Å². The summed E-state index contributed by atoms with van der Waals surface area (Å²) in [7, 11) is 0. The maximum Gasteiger partial charge on any atom is 0.0831 e. The van der Waals surface area contributed by atoms with E-state index in [9.17, 15) is 0 Å². The molecule has 0 bridgehead atoms. The molecule has 0 radical (unpaired) electrons. The molecule has 2 atom stereocenters. The topological polar surface area (TPSA) is 30.5 Å². The predicted molar refractivity (Wildman–Crippen MR) is 77.4 cm³/mol. The number of nitrogens with one attached hydrogen (secondary N) is 1. The average molecular weight is 263 g/mol. The molecule has 0 aromatic heterocycles. The van der Waals surface area contributed by atoms with E-state index in [1.54, 1.807) is 0 Å². The average Bonchev–Trinajstić information content (AvgIpc) is 2.97. The quantitative estimate of drug-likeness (QED) is 0.820. The molecule has 0 saturated carbocycles. The Morgan fingerprint density at radius 3 is 2.68 bits per heavy atom. The van der Waals surface area contributed by atoms with Gasteiger partial charge < -0.3 is 14.8 Å². The van der Waals surface area contributed by atoms with Crippen LogP contribution in [0.1, 0.15) is 37.4 Å². The zero-order valence-corrected chi connectivity index (χ0v) is 12.0. The van der Waals surface area contributed by atoms with Gasteiger partial charge in [0.1, 0.15) is 0 Å². The highest BCUT2D eigenvalue weighted by molar-refractivity contribution is 5.25. The largest absolute Gasteiger partial charge is 0.379 e. The van der Waals surface area contributed by atoms with Gasteiger partial charge >= 0.3 is 0 Å². The van der Waals surface area contributed by atoms with Gasteiger partial charge in [-0.3, -0.25) is 0 Å². The van der Waals surface area contributed by atoms with E-state index in [4.69, 9.17) is 9.47 Å². The zero-order valence-electron chi connectivity index (χ0n) is 12.0. The second-order valence-electron chi connectivity index (χ2n) is 5.02. The fraction of sp³-hybridized carbons (Fsp3) is 0.625. The van der Waals surface area contributed by atoms with E-state index in [-0.39, 0.29) is 12.1 Å². The summed E-state index contributed by atoms with van der Waals surface area (Å²) in [5.41, 5.74) is 2.68. The maximum atomic E-state index is 5.94. The number of rotatable bonds is 7. The normalized spacial score (nSPS) is 20.6. The fourth-order valence-corrected chi connectivity index (χ4v) is 2.38. The third kappa shape index (κ3) is 4.30. The molecule has 106 valence electrons. The van der Waals surface area contributed by atoms with Gasteiger partial charge in [0.2, 0.25) is 0 Å². The Kier molecular flexibility index (Phi) is 5.83. The lowest BCUT2D eigenvalue weighted by atomic mass is 10.0. The summed E-state index contributed by atoms with van der Waals surface area (Å²) in [6.45, 7) is 7.56. The van der Waals surface area contributed by atoms with Gasteiger partial charge in [0.25, 0.3) is 0 Å². The molecule has 0 amide bonds. The molecule has 1 heterocycles. The molecule has 2 unspecified atom stereocenters. The summed E-state index contributed by atoms with van der Waals surface area (Å²) in [4.78, 5) is 0. The van der Waals surface area contributed by atoms with Crippen LogP contribution in [0.5, 0.6) is 0 Å². The first-order valence-electron chi connectivity index (χ1n) is 7.35. The van der Waals surface area contributed by atoms with Crippen LogP contribution < -0.4 is 5.32 Å². The van der Waals surface area contributed by atoms with Crippen molar-refractivity contribution < 1.29 is 9.47 Å². The van der Waals surface area contributed by atoms with Gasteiger partial charge in [-0.1, -0.05) is 38.1 Å². The molecule has 1 aliphatic heterocycles. The summed E-state index contributed by atoms with van der Waals surface area (Å²) in [6.07, 6.45) is 2.38. The van der Waals surface area contributed by atoms with Crippen LogP contribution in [-0.4, -0.2) is 32.5 Å². The smallest absolute Gasteiger partial charge is 0.0831 e. The minimum Gasteiger partial charge on any atom is -0.379 e. The van der Waals surface area contributed by atoms with Crippen molar-refractivity contribution in [3.8, 4) is 0 Å². The summed E-state index contributed by atoms with van der Waals surface area (Å²) >= 11 is 0. The molecular weight excluding hydrogens is 238 g/mol. The number of aryl methyl sites for hydroxylation is 1. The Morgan fingerprint density at radius 2 is 2.11 bits per heavy atom. The Bertz CT molecular complexity index is 358. The monoisotopic (exact) mass is 263 g/mol. The van der Waals surface area contributed by atoms with Crippen LogP contribution in [0, 0.1) is 0 Å². The second-order valence-corrected chi connectivity index (χ2v) is 5.02. The van der Waals surface area contributed by atoms with E-state index in [1.165, 1.54) is 11.1 Å². The molecule has 1 aromatic carbocycles. The Morgan fingerprint density at radius 1 is 1.32 bits per heavy atom. The summed E-state index contributed by atoms with van der Waals surface area (Å²) in [5.74, 6) is 0. The first kappa shape index (κ1) is 14.5. The molecular formula is C16H25NO2. The fourth-order valence-electron chi connectivity index (χ4n) is 2.38. The predicted octanol–water partition coefficient (Wildman–Crippen LogP) is 2.71. The van der Waals surface area contributed by atoms with Crippen molar-refractivity contribution in [3.63, 3.8) is 0 Å². The van der Waals surface area contributed by atoms with Gasteiger partial charge in [0, 0.05) is 6.61 Å². The van der Waals surface area contributed by atoms with Crippen LogP contribution in [-0.2, 0) is 15.9 Å². The standard InChI is InChI=1S/C16H25NO2/c1-3-13-5-7-14(8-6-13)16(17-4-2)12-19-15-9-10-18-11-15/h5-8,15-17H,3-4,9-12H2,1-2H3. The molecule has 2 rings (SSSR count). The molecule has 1 N–H and O–H groups in total. The molecule has 19 heavy (non-hydrogen) atoms. The van der Waals surface area contributed by atoms with Crippen LogP contribution in [0.3, 0.4) is 0 Å². The SMILES string of the molecule is CCNC(COC1CCOC1)c1ccc(CC)cc1. The van der Waals surface area contributed by atoms with Gasteiger partial charge in [-0.05, 0) is 30.5 Å². The van der Waals surface area contributed by atoms with E-state index >= 15 is 0 Å². The highest BCUT2D eigenvalue weighted by Crippen LogP contribution is 2.17. The lowest BCUT2D eigenvalue weighted by Crippen LogP contribution is -2.28. The molecule has 1 fully saturated rings. The van der Waals surface area contributed by atoms with Crippen LogP contribution in [0.15, 0.2) is 24.3 Å². The molecule has 0 aliphatic carbocycles. The molecule has 3 heteroatoms. The van der Waals surface area contributed by atoms with E-state index in [1.807, 2.05) is 0 Å². The van der Waals surface area contributed by atoms with Gasteiger partial charge in [-0.2, -0.15) is 0 Å². The zero-order chi connectivity index (χ0) is 13.5. The van der Waals surface area contributed by atoms with Crippen LogP contribution in [0.2, 0.25) is 0 Å². The summed E-state index contributed by atoms with van der Waals surface area (Å²) in [5, 5.41) is 3.49. The van der Waals surface area contributed by atoms with E-state index in [2.05, 4.69) is 43.4 Å². The molecule has 1 saturated heterocycles. The Labute approximate surface area is 116 Å². The van der Waals surface area contributed by atoms with Crippen LogP contribution in [0.25, 0.3) is 0 Å². The molecule has 1 aliphatic rings. The summed E-state index contributed by atoms with van der Waals surface area (Å²) in [6, 6.07) is 9.11. The lowest BCUT2D eigenvalue weighted by Gasteiger charge is -2.20. The number of hydrogen-bond acceptors (Lipinski definition) is 3. The Hall–Kier alpha value is -0.900. The highest BCUT2D eigenvalue weighted by Gasteiger charge is 2.18. The molecule has 3 nitrogen and oxygen atoms in total. The van der Waals surface area contributed by atoms with Crippen molar-refractivity contribution in [1.29, 1.82) is 0 Å². The molecule has 1 aromatic rings. The Balaban J connectivity index is 1.92. The van der Waals surface area contributed by atoms with Crippen molar-refractivity contribution in [2.45, 2.75) is 38.8 Å². The third-order valence-corrected chi connectivity index (χ3v) is 3.63. The number of ether oxygens (including phenoxy) is 2. The number of hydrogen-bond donors (Lipinski definition) is 1. The van der Waals surface area contributed by atoms with Gasteiger partial charge in [-0.15, -0.1) is 0 Å². The highest BCUT2D eigenvalue weighted by atomic mass is 16.5. The number of likely N-dealkylation sites (N-methyl/N-ethyl adjacent to an activating group) is 1.